The normalized spacial score (nSPS) is 21.4. The van der Waals surface area contributed by atoms with Crippen LogP contribution in [0.3, 0.4) is 0 Å². The topological polar surface area (TPSA) is 72.2 Å². The summed E-state index contributed by atoms with van der Waals surface area (Å²) in [7, 11) is 0. The number of halogens is 2. The smallest absolute Gasteiger partial charge is 0.231 e. The van der Waals surface area contributed by atoms with Gasteiger partial charge in [0.05, 0.1) is 5.54 Å². The first-order valence-electron chi connectivity index (χ1n) is 6.13. The monoisotopic (exact) mass is 284 g/mol. The van der Waals surface area contributed by atoms with Crippen LogP contribution < -0.4 is 5.32 Å². The molecule has 2 rings (SSSR count). The van der Waals surface area contributed by atoms with Crippen molar-refractivity contribution in [3.63, 3.8) is 0 Å². The van der Waals surface area contributed by atoms with Crippen LogP contribution in [0.15, 0.2) is 18.2 Å². The summed E-state index contributed by atoms with van der Waals surface area (Å²) in [5.41, 5.74) is -0.543. The van der Waals surface area contributed by atoms with Gasteiger partial charge < -0.3 is 5.32 Å². The fourth-order valence-corrected chi connectivity index (χ4v) is 2.05. The van der Waals surface area contributed by atoms with Crippen LogP contribution in [0.1, 0.15) is 25.8 Å². The molecular weight excluding hydrogens is 270 g/mol. The predicted molar refractivity (Wildman–Crippen MR) is 66.4 cm³/mol. The fraction of sp³-hybridized carbons (Fsp3) is 0.462. The molecule has 0 heterocycles. The zero-order chi connectivity index (χ0) is 15.1. The van der Waals surface area contributed by atoms with Crippen molar-refractivity contribution in [2.24, 2.45) is 5.92 Å². The van der Waals surface area contributed by atoms with Gasteiger partial charge in [0.2, 0.25) is 11.9 Å². The van der Waals surface area contributed by atoms with Crippen molar-refractivity contribution in [1.29, 1.82) is 0 Å². The van der Waals surface area contributed by atoms with Crippen LogP contribution in [0.2, 0.25) is 0 Å². The first kappa shape index (κ1) is 14.4. The van der Waals surface area contributed by atoms with E-state index in [1.54, 1.807) is 13.8 Å². The minimum Gasteiger partial charge on any atom is -0.347 e. The molecule has 1 N–H and O–H groups in total. The van der Waals surface area contributed by atoms with E-state index in [0.717, 1.165) is 12.1 Å². The lowest BCUT2D eigenvalue weighted by atomic mass is 9.94. The lowest BCUT2D eigenvalue weighted by molar-refractivity contribution is -0.497. The third-order valence-electron chi connectivity index (χ3n) is 3.44. The van der Waals surface area contributed by atoms with Crippen molar-refractivity contribution in [1.82, 2.24) is 5.32 Å². The van der Waals surface area contributed by atoms with Crippen molar-refractivity contribution < 1.29 is 18.5 Å². The van der Waals surface area contributed by atoms with Crippen molar-refractivity contribution in [2.45, 2.75) is 31.8 Å². The number of carbonyl (C=O) groups is 1. The Morgan fingerprint density at radius 1 is 1.40 bits per heavy atom. The Bertz CT molecular complexity index is 575. The minimum atomic E-state index is -1.00. The highest BCUT2D eigenvalue weighted by Gasteiger charge is 2.54. The number of hydrogen-bond acceptors (Lipinski definition) is 3. The number of amides is 1. The second-order valence-electron chi connectivity index (χ2n) is 5.44. The molecule has 2 atom stereocenters. The number of nitrogens with one attached hydrogen (secondary N) is 1. The molecule has 5 nitrogen and oxygen atoms in total. The van der Waals surface area contributed by atoms with E-state index >= 15 is 0 Å². The van der Waals surface area contributed by atoms with Gasteiger partial charge in [0.15, 0.2) is 11.6 Å². The molecule has 0 aliphatic heterocycles. The van der Waals surface area contributed by atoms with Crippen molar-refractivity contribution in [3.05, 3.63) is 45.5 Å². The average Bonchev–Trinajstić information content (AvgIpc) is 3.12. The second-order valence-corrected chi connectivity index (χ2v) is 5.44. The Balaban J connectivity index is 2.09. The molecule has 0 bridgehead atoms. The van der Waals surface area contributed by atoms with E-state index in [-0.39, 0.29) is 6.42 Å². The third-order valence-corrected chi connectivity index (χ3v) is 3.44. The van der Waals surface area contributed by atoms with Gasteiger partial charge in [-0.3, -0.25) is 14.9 Å². The van der Waals surface area contributed by atoms with Crippen molar-refractivity contribution >= 4 is 5.91 Å². The summed E-state index contributed by atoms with van der Waals surface area (Å²) in [5, 5.41) is 13.2. The van der Waals surface area contributed by atoms with Crippen LogP contribution in [-0.2, 0) is 10.3 Å². The molecule has 0 aromatic heterocycles. The Kier molecular flexibility index (Phi) is 3.45. The van der Waals surface area contributed by atoms with E-state index in [1.165, 1.54) is 6.07 Å². The van der Waals surface area contributed by atoms with Gasteiger partial charge in [0.25, 0.3) is 0 Å². The Labute approximate surface area is 114 Å². The number of benzene rings is 1. The number of hydrogen-bond donors (Lipinski definition) is 1. The van der Waals surface area contributed by atoms with E-state index < -0.39 is 40.0 Å². The number of nitro groups is 1. The second kappa shape index (κ2) is 4.81. The lowest BCUT2D eigenvalue weighted by Crippen LogP contribution is -2.42. The highest BCUT2D eigenvalue weighted by atomic mass is 19.2. The first-order chi connectivity index (χ1) is 9.22. The van der Waals surface area contributed by atoms with Crippen LogP contribution in [-0.4, -0.2) is 16.9 Å². The summed E-state index contributed by atoms with van der Waals surface area (Å²) in [4.78, 5) is 21.9. The summed E-state index contributed by atoms with van der Waals surface area (Å²) in [6.07, 6.45) is 0.215. The van der Waals surface area contributed by atoms with Gasteiger partial charge in [-0.05, 0) is 31.5 Å². The molecule has 0 spiro atoms. The van der Waals surface area contributed by atoms with Gasteiger partial charge in [-0.2, -0.15) is 0 Å². The van der Waals surface area contributed by atoms with Crippen LogP contribution in [0.5, 0.6) is 0 Å². The number of nitrogens with zero attached hydrogens (tertiary/aromatic N) is 1. The summed E-state index contributed by atoms with van der Waals surface area (Å²) in [6.45, 7) is 3.25. The molecule has 1 aliphatic rings. The quantitative estimate of drug-likeness (QED) is 0.678. The van der Waals surface area contributed by atoms with Gasteiger partial charge in [-0.25, -0.2) is 8.78 Å². The number of rotatable bonds is 4. The molecule has 108 valence electrons. The largest absolute Gasteiger partial charge is 0.347 e. The molecular formula is C13H14F2N2O3. The Hall–Kier alpha value is -2.05. The maximum Gasteiger partial charge on any atom is 0.231 e. The van der Waals surface area contributed by atoms with Crippen LogP contribution in [0, 0.1) is 27.7 Å². The molecule has 1 amide bonds. The molecule has 1 fully saturated rings. The molecule has 20 heavy (non-hydrogen) atoms. The fourth-order valence-electron chi connectivity index (χ4n) is 2.05. The molecule has 1 aromatic rings. The summed E-state index contributed by atoms with van der Waals surface area (Å²) in [5.74, 6) is -3.05. The summed E-state index contributed by atoms with van der Waals surface area (Å²) < 4.78 is 26.1. The van der Waals surface area contributed by atoms with Gasteiger partial charge in [0.1, 0.15) is 5.92 Å². The van der Waals surface area contributed by atoms with E-state index in [0.29, 0.717) is 5.56 Å². The highest BCUT2D eigenvalue weighted by molar-refractivity contribution is 5.82. The SMILES string of the molecule is CC(C)(NC(=O)[C@@H]1C[C@@H]1[N+](=O)[O-])c1ccc(F)c(F)c1. The maximum atomic E-state index is 13.2. The zero-order valence-electron chi connectivity index (χ0n) is 11.0. The van der Waals surface area contributed by atoms with Gasteiger partial charge in [0, 0.05) is 11.3 Å². The predicted octanol–water partition coefficient (Wildman–Crippen LogP) is 1.98. The van der Waals surface area contributed by atoms with Crippen LogP contribution in [0.25, 0.3) is 0 Å². The van der Waals surface area contributed by atoms with E-state index in [9.17, 15) is 23.7 Å². The first-order valence-corrected chi connectivity index (χ1v) is 6.13. The molecule has 0 radical (unpaired) electrons. The van der Waals surface area contributed by atoms with Crippen LogP contribution in [0.4, 0.5) is 8.78 Å². The number of carbonyl (C=O) groups excluding carboxylic acids is 1. The van der Waals surface area contributed by atoms with Crippen LogP contribution >= 0.6 is 0 Å². The molecule has 1 aliphatic carbocycles. The van der Waals surface area contributed by atoms with Crippen molar-refractivity contribution in [3.8, 4) is 0 Å². The Morgan fingerprint density at radius 3 is 2.55 bits per heavy atom. The lowest BCUT2D eigenvalue weighted by Gasteiger charge is -2.27. The Morgan fingerprint density at radius 2 is 2.05 bits per heavy atom. The van der Waals surface area contributed by atoms with E-state index in [2.05, 4.69) is 5.32 Å². The van der Waals surface area contributed by atoms with E-state index in [4.69, 9.17) is 0 Å². The standard InChI is InChI=1S/C13H14F2N2O3/c1-13(2,7-3-4-9(14)10(15)5-7)16-12(18)8-6-11(8)17(19)20/h3-5,8,11H,6H2,1-2H3,(H,16,18)/t8-,11+/m1/s1. The highest BCUT2D eigenvalue weighted by Crippen LogP contribution is 2.34. The van der Waals surface area contributed by atoms with Gasteiger partial charge >= 0.3 is 0 Å². The van der Waals surface area contributed by atoms with Gasteiger partial charge in [-0.1, -0.05) is 6.07 Å². The maximum absolute atomic E-state index is 13.2. The summed E-state index contributed by atoms with van der Waals surface area (Å²) in [6, 6.07) is 2.52. The molecule has 0 saturated heterocycles. The molecule has 1 aromatic carbocycles. The minimum absolute atomic E-state index is 0.215. The van der Waals surface area contributed by atoms with Crippen molar-refractivity contribution in [2.75, 3.05) is 0 Å². The van der Waals surface area contributed by atoms with Gasteiger partial charge in [-0.15, -0.1) is 0 Å². The molecule has 7 heteroatoms. The summed E-state index contributed by atoms with van der Waals surface area (Å²) >= 11 is 0. The van der Waals surface area contributed by atoms with E-state index in [1.807, 2.05) is 0 Å². The molecule has 1 saturated carbocycles. The average molecular weight is 284 g/mol. The zero-order valence-corrected chi connectivity index (χ0v) is 11.0. The third kappa shape index (κ3) is 2.76. The molecule has 0 unspecified atom stereocenters.